The van der Waals surface area contributed by atoms with E-state index >= 15 is 0 Å². The fourth-order valence-corrected chi connectivity index (χ4v) is 4.44. The highest BCUT2D eigenvalue weighted by molar-refractivity contribution is 7.92. The number of aryl methyl sites for hydroxylation is 1. The van der Waals surface area contributed by atoms with Crippen LogP contribution in [0.25, 0.3) is 34.3 Å². The average molecular weight is 496 g/mol. The molecule has 2 aromatic heterocycles. The van der Waals surface area contributed by atoms with Gasteiger partial charge in [0.25, 0.3) is 5.89 Å². The third-order valence-corrected chi connectivity index (χ3v) is 7.65. The third-order valence-electron chi connectivity index (χ3n) is 5.48. The molecule has 0 radical (unpaired) electrons. The summed E-state index contributed by atoms with van der Waals surface area (Å²) >= 11 is 0. The van der Waals surface area contributed by atoms with Crippen LogP contribution < -0.4 is 5.32 Å². The van der Waals surface area contributed by atoms with Gasteiger partial charge in [0, 0.05) is 24.2 Å². The molecule has 0 aliphatic rings. The van der Waals surface area contributed by atoms with Crippen molar-refractivity contribution >= 4 is 9.84 Å². The number of nitrogens with one attached hydrogen (secondary N) is 1. The summed E-state index contributed by atoms with van der Waals surface area (Å²) in [4.78, 5) is 9.34. The lowest BCUT2D eigenvalue weighted by Gasteiger charge is -2.09. The molecule has 0 bridgehead atoms. The summed E-state index contributed by atoms with van der Waals surface area (Å²) in [5.74, 6) is 0.581. The van der Waals surface area contributed by atoms with Gasteiger partial charge in [-0.15, -0.1) is 10.2 Å². The smallest absolute Gasteiger partial charge is 0.268 e. The van der Waals surface area contributed by atoms with Crippen molar-refractivity contribution < 1.29 is 17.2 Å². The molecule has 2 heterocycles. The minimum Gasteiger partial charge on any atom is -0.415 e. The predicted molar refractivity (Wildman–Crippen MR) is 131 cm³/mol. The molecule has 2 aromatic carbocycles. The number of nitrogens with zero attached hydrogens (tertiary/aromatic N) is 4. The maximum atomic E-state index is 12.4. The van der Waals surface area contributed by atoms with E-state index in [4.69, 9.17) is 4.42 Å². The zero-order valence-corrected chi connectivity index (χ0v) is 20.5. The number of benzene rings is 2. The highest BCUT2D eigenvalue weighted by atomic mass is 32.2. The summed E-state index contributed by atoms with van der Waals surface area (Å²) in [6, 6.07) is 14.1. The molecule has 0 amide bonds. The quantitative estimate of drug-likeness (QED) is 0.340. The Morgan fingerprint density at radius 3 is 2.29 bits per heavy atom. The topological polar surface area (TPSA) is 111 Å². The van der Waals surface area contributed by atoms with Crippen molar-refractivity contribution in [3.05, 3.63) is 66.0 Å². The second kappa shape index (κ2) is 10.4. The molecular formula is C25H26FN5O3S. The van der Waals surface area contributed by atoms with Crippen LogP contribution in [0.1, 0.15) is 25.1 Å². The van der Waals surface area contributed by atoms with Gasteiger partial charge in [0.15, 0.2) is 9.84 Å². The Labute approximate surface area is 203 Å². The summed E-state index contributed by atoms with van der Waals surface area (Å²) in [6.07, 6.45) is 1.62. The first kappa shape index (κ1) is 24.6. The molecule has 4 rings (SSSR count). The Morgan fingerprint density at radius 1 is 0.971 bits per heavy atom. The lowest BCUT2D eigenvalue weighted by atomic mass is 10.1. The molecular weight excluding hydrogens is 469 g/mol. The van der Waals surface area contributed by atoms with E-state index < -0.39 is 21.8 Å². The standard InChI is InChI=1S/C25H26FN5O3S/c1-16(2)35(32,33)21-10-8-19(9-11-21)22-15-28-17(3)23(29-22)25-31-30-24(34-25)20-6-4-18(5-7-20)14-27-13-12-26/h4-11,15-16,27H,12-14H2,1-3H3. The zero-order valence-electron chi connectivity index (χ0n) is 19.7. The molecule has 8 nitrogen and oxygen atoms in total. The van der Waals surface area contributed by atoms with E-state index in [9.17, 15) is 12.8 Å². The van der Waals surface area contributed by atoms with E-state index in [2.05, 4.69) is 25.5 Å². The van der Waals surface area contributed by atoms with Crippen LogP contribution >= 0.6 is 0 Å². The highest BCUT2D eigenvalue weighted by Crippen LogP contribution is 2.27. The molecule has 0 aliphatic carbocycles. The van der Waals surface area contributed by atoms with Gasteiger partial charge in [-0.05, 0) is 50.6 Å². The van der Waals surface area contributed by atoms with Crippen LogP contribution in [0.2, 0.25) is 0 Å². The van der Waals surface area contributed by atoms with Gasteiger partial charge in [-0.2, -0.15) is 0 Å². The lowest BCUT2D eigenvalue weighted by Crippen LogP contribution is -2.15. The molecule has 0 atom stereocenters. The number of hydrogen-bond acceptors (Lipinski definition) is 8. The minimum absolute atomic E-state index is 0.236. The van der Waals surface area contributed by atoms with Crippen LogP contribution in [0.4, 0.5) is 4.39 Å². The van der Waals surface area contributed by atoms with Crippen LogP contribution in [0, 0.1) is 6.92 Å². The number of hydrogen-bond donors (Lipinski definition) is 1. The maximum absolute atomic E-state index is 12.4. The van der Waals surface area contributed by atoms with E-state index in [1.807, 2.05) is 24.3 Å². The van der Waals surface area contributed by atoms with Gasteiger partial charge in [0.2, 0.25) is 5.89 Å². The molecule has 0 saturated carbocycles. The Morgan fingerprint density at radius 2 is 1.63 bits per heavy atom. The first-order valence-corrected chi connectivity index (χ1v) is 12.7. The number of sulfone groups is 1. The third kappa shape index (κ3) is 5.44. The number of rotatable bonds is 9. The Bertz CT molecular complexity index is 1400. The second-order valence-corrected chi connectivity index (χ2v) is 10.8. The molecule has 0 unspecified atom stereocenters. The fourth-order valence-electron chi connectivity index (χ4n) is 3.38. The van der Waals surface area contributed by atoms with E-state index in [1.165, 1.54) is 0 Å². The Hall–Kier alpha value is -3.50. The van der Waals surface area contributed by atoms with Crippen molar-refractivity contribution in [2.24, 2.45) is 0 Å². The van der Waals surface area contributed by atoms with Crippen molar-refractivity contribution in [3.63, 3.8) is 0 Å². The van der Waals surface area contributed by atoms with Crippen LogP contribution in [0.15, 0.2) is 64.0 Å². The number of halogens is 1. The van der Waals surface area contributed by atoms with Crippen molar-refractivity contribution in [3.8, 4) is 34.3 Å². The number of alkyl halides is 1. The molecule has 0 saturated heterocycles. The molecule has 35 heavy (non-hydrogen) atoms. The van der Waals surface area contributed by atoms with Crippen molar-refractivity contribution in [1.82, 2.24) is 25.5 Å². The highest BCUT2D eigenvalue weighted by Gasteiger charge is 2.20. The first-order valence-electron chi connectivity index (χ1n) is 11.2. The Kier molecular flexibility index (Phi) is 7.32. The van der Waals surface area contributed by atoms with Crippen molar-refractivity contribution in [1.29, 1.82) is 0 Å². The first-order chi connectivity index (χ1) is 16.8. The van der Waals surface area contributed by atoms with E-state index in [1.54, 1.807) is 51.2 Å². The maximum Gasteiger partial charge on any atom is 0.268 e. The summed E-state index contributed by atoms with van der Waals surface area (Å²) in [5.41, 5.74) is 4.12. The van der Waals surface area contributed by atoms with Gasteiger partial charge in [-0.25, -0.2) is 17.8 Å². The lowest BCUT2D eigenvalue weighted by molar-refractivity contribution is 0.467. The average Bonchev–Trinajstić information content (AvgIpc) is 3.35. The van der Waals surface area contributed by atoms with Gasteiger partial charge in [-0.1, -0.05) is 24.3 Å². The van der Waals surface area contributed by atoms with Gasteiger partial charge >= 0.3 is 0 Å². The van der Waals surface area contributed by atoms with Crippen molar-refractivity contribution in [2.45, 2.75) is 37.5 Å². The molecule has 0 aliphatic heterocycles. The fraction of sp³-hybridized carbons (Fsp3) is 0.280. The van der Waals surface area contributed by atoms with E-state index in [0.717, 1.165) is 16.7 Å². The molecule has 0 spiro atoms. The van der Waals surface area contributed by atoms with Gasteiger partial charge in [0.1, 0.15) is 12.4 Å². The normalized spacial score (nSPS) is 11.8. The van der Waals surface area contributed by atoms with Gasteiger partial charge in [0.05, 0.1) is 27.7 Å². The van der Waals surface area contributed by atoms with Crippen LogP contribution in [0.3, 0.4) is 0 Å². The summed E-state index contributed by atoms with van der Waals surface area (Å²) in [6.45, 7) is 5.59. The SMILES string of the molecule is Cc1ncc(-c2ccc(S(=O)(=O)C(C)C)cc2)nc1-c1nnc(-c2ccc(CNCCF)cc2)o1. The van der Waals surface area contributed by atoms with E-state index in [-0.39, 0.29) is 10.8 Å². The minimum atomic E-state index is -3.35. The molecule has 1 N–H and O–H groups in total. The van der Waals surface area contributed by atoms with Crippen LogP contribution in [-0.2, 0) is 16.4 Å². The van der Waals surface area contributed by atoms with Gasteiger partial charge < -0.3 is 9.73 Å². The summed E-state index contributed by atoms with van der Waals surface area (Å²) < 4.78 is 42.9. The summed E-state index contributed by atoms with van der Waals surface area (Å²) in [5, 5.41) is 10.8. The molecule has 0 fully saturated rings. The van der Waals surface area contributed by atoms with Crippen LogP contribution in [0.5, 0.6) is 0 Å². The molecule has 4 aromatic rings. The molecule has 10 heteroatoms. The van der Waals surface area contributed by atoms with Gasteiger partial charge in [-0.3, -0.25) is 4.98 Å². The number of aromatic nitrogens is 4. The van der Waals surface area contributed by atoms with E-state index in [0.29, 0.717) is 36.1 Å². The van der Waals surface area contributed by atoms with Crippen molar-refractivity contribution in [2.75, 3.05) is 13.2 Å². The second-order valence-electron chi connectivity index (χ2n) is 8.28. The van der Waals surface area contributed by atoms with Crippen LogP contribution in [-0.4, -0.2) is 47.1 Å². The zero-order chi connectivity index (χ0) is 25.0. The largest absolute Gasteiger partial charge is 0.415 e. The monoisotopic (exact) mass is 495 g/mol. The Balaban J connectivity index is 1.57. The summed E-state index contributed by atoms with van der Waals surface area (Å²) in [7, 11) is -3.35. The molecule has 182 valence electrons. The predicted octanol–water partition coefficient (Wildman–Crippen LogP) is 4.41.